The van der Waals surface area contributed by atoms with Gasteiger partial charge in [0.1, 0.15) is 0 Å². The minimum atomic E-state index is -0.377. The van der Waals surface area contributed by atoms with Crippen molar-refractivity contribution in [1.82, 2.24) is 10.2 Å². The van der Waals surface area contributed by atoms with Crippen LogP contribution >= 0.6 is 0 Å². The molecule has 6 heteroatoms. The first-order chi connectivity index (χ1) is 13.5. The second-order valence-electron chi connectivity index (χ2n) is 6.45. The summed E-state index contributed by atoms with van der Waals surface area (Å²) >= 11 is 0. The van der Waals surface area contributed by atoms with E-state index < -0.39 is 0 Å². The largest absolute Gasteiger partial charge is 0.325 e. The third-order valence-corrected chi connectivity index (χ3v) is 4.32. The maximum Gasteiger partial charge on any atom is 0.276 e. The first kappa shape index (κ1) is 19.2. The molecule has 0 spiro atoms. The smallest absolute Gasteiger partial charge is 0.276 e. The molecule has 28 heavy (non-hydrogen) atoms. The molecule has 2 aromatic carbocycles. The number of anilines is 3. The van der Waals surface area contributed by atoms with E-state index in [9.17, 15) is 9.59 Å². The van der Waals surface area contributed by atoms with Gasteiger partial charge in [-0.3, -0.25) is 9.59 Å². The number of carbonyl (C=O) groups excluding carboxylic acids is 2. The van der Waals surface area contributed by atoms with Crippen LogP contribution in [0.15, 0.2) is 60.7 Å². The Labute approximate surface area is 164 Å². The molecule has 0 aliphatic rings. The van der Waals surface area contributed by atoms with E-state index in [0.717, 1.165) is 17.8 Å². The Kier molecular flexibility index (Phi) is 5.79. The quantitative estimate of drug-likeness (QED) is 0.647. The van der Waals surface area contributed by atoms with Crippen molar-refractivity contribution in [3.8, 4) is 0 Å². The highest BCUT2D eigenvalue weighted by Gasteiger charge is 2.13. The van der Waals surface area contributed by atoms with Gasteiger partial charge in [0.2, 0.25) is 0 Å². The molecule has 0 bridgehead atoms. The monoisotopic (exact) mass is 374 g/mol. The number of amides is 1. The maximum atomic E-state index is 12.4. The first-order valence-corrected chi connectivity index (χ1v) is 9.08. The van der Waals surface area contributed by atoms with Crippen LogP contribution in [-0.4, -0.2) is 28.4 Å². The predicted molar refractivity (Wildman–Crippen MR) is 110 cm³/mol. The zero-order chi connectivity index (χ0) is 20.1. The number of rotatable bonds is 6. The fourth-order valence-corrected chi connectivity index (χ4v) is 2.87. The molecule has 1 amide bonds. The topological polar surface area (TPSA) is 75.2 Å². The lowest BCUT2D eigenvalue weighted by Gasteiger charge is -2.22. The van der Waals surface area contributed by atoms with E-state index in [1.54, 1.807) is 36.4 Å². The Morgan fingerprint density at radius 1 is 1.00 bits per heavy atom. The van der Waals surface area contributed by atoms with Crippen LogP contribution in [0.25, 0.3) is 0 Å². The fourth-order valence-electron chi connectivity index (χ4n) is 2.87. The molecular formula is C22H22N4O2. The van der Waals surface area contributed by atoms with E-state index in [-0.39, 0.29) is 17.4 Å². The molecule has 0 atom stereocenters. The molecule has 1 heterocycles. The number of hydrogen-bond donors (Lipinski definition) is 1. The standard InChI is InChI=1S/C22H22N4O2/c1-4-26(19-10-5-7-15(2)13-19)21-12-11-20(24-25-21)22(28)23-18-9-6-8-17(14-18)16(3)27/h5-14H,4H2,1-3H3,(H,23,28). The van der Waals surface area contributed by atoms with Crippen molar-refractivity contribution >= 4 is 28.9 Å². The minimum Gasteiger partial charge on any atom is -0.325 e. The normalized spacial score (nSPS) is 10.4. The number of hydrogen-bond acceptors (Lipinski definition) is 5. The Balaban J connectivity index is 1.77. The zero-order valence-corrected chi connectivity index (χ0v) is 16.1. The molecule has 6 nitrogen and oxygen atoms in total. The third-order valence-electron chi connectivity index (χ3n) is 4.32. The van der Waals surface area contributed by atoms with Crippen LogP contribution in [-0.2, 0) is 0 Å². The summed E-state index contributed by atoms with van der Waals surface area (Å²) in [4.78, 5) is 26.0. The average Bonchev–Trinajstić information content (AvgIpc) is 2.69. The van der Waals surface area contributed by atoms with Crippen molar-refractivity contribution in [1.29, 1.82) is 0 Å². The SMILES string of the molecule is CCN(c1cccc(C)c1)c1ccc(C(=O)Nc2cccc(C(C)=O)c2)nn1. The molecule has 0 unspecified atom stereocenters. The van der Waals surface area contributed by atoms with Gasteiger partial charge in [-0.15, -0.1) is 10.2 Å². The number of aromatic nitrogens is 2. The third kappa shape index (κ3) is 4.40. The van der Waals surface area contributed by atoms with Gasteiger partial charge in [-0.25, -0.2) is 0 Å². The summed E-state index contributed by atoms with van der Waals surface area (Å²) in [6.07, 6.45) is 0. The van der Waals surface area contributed by atoms with Gasteiger partial charge in [-0.05, 0) is 62.7 Å². The second kappa shape index (κ2) is 8.43. The lowest BCUT2D eigenvalue weighted by molar-refractivity contribution is 0.100. The molecule has 0 radical (unpaired) electrons. The van der Waals surface area contributed by atoms with Gasteiger partial charge in [0.05, 0.1) is 0 Å². The molecule has 142 valence electrons. The van der Waals surface area contributed by atoms with Crippen LogP contribution in [0.2, 0.25) is 0 Å². The molecule has 0 saturated carbocycles. The van der Waals surface area contributed by atoms with Gasteiger partial charge in [-0.1, -0.05) is 24.3 Å². The second-order valence-corrected chi connectivity index (χ2v) is 6.45. The maximum absolute atomic E-state index is 12.4. The number of carbonyl (C=O) groups is 2. The summed E-state index contributed by atoms with van der Waals surface area (Å²) in [6, 6.07) is 18.3. The highest BCUT2D eigenvalue weighted by Crippen LogP contribution is 2.23. The van der Waals surface area contributed by atoms with E-state index in [4.69, 9.17) is 0 Å². The lowest BCUT2D eigenvalue weighted by Crippen LogP contribution is -2.20. The number of Topliss-reactive ketones (excluding diaryl/α,β-unsaturated/α-hetero) is 1. The molecule has 0 saturated heterocycles. The van der Waals surface area contributed by atoms with Gasteiger partial charge in [-0.2, -0.15) is 0 Å². The highest BCUT2D eigenvalue weighted by molar-refractivity contribution is 6.03. The van der Waals surface area contributed by atoms with Gasteiger partial charge in [0.15, 0.2) is 17.3 Å². The number of nitrogens with zero attached hydrogens (tertiary/aromatic N) is 3. The van der Waals surface area contributed by atoms with Crippen LogP contribution in [0.5, 0.6) is 0 Å². The molecule has 0 aliphatic heterocycles. The van der Waals surface area contributed by atoms with Gasteiger partial charge in [0, 0.05) is 23.5 Å². The minimum absolute atomic E-state index is 0.0592. The predicted octanol–water partition coefficient (Wildman–Crippen LogP) is 4.40. The van der Waals surface area contributed by atoms with Crippen molar-refractivity contribution in [2.75, 3.05) is 16.8 Å². The van der Waals surface area contributed by atoms with Crippen molar-refractivity contribution in [2.24, 2.45) is 0 Å². The van der Waals surface area contributed by atoms with Crippen LogP contribution in [0, 0.1) is 6.92 Å². The van der Waals surface area contributed by atoms with E-state index in [1.807, 2.05) is 36.9 Å². The van der Waals surface area contributed by atoms with Crippen molar-refractivity contribution in [3.63, 3.8) is 0 Å². The average molecular weight is 374 g/mol. The summed E-state index contributed by atoms with van der Waals surface area (Å²) in [6.45, 7) is 6.28. The van der Waals surface area contributed by atoms with Crippen molar-refractivity contribution in [3.05, 3.63) is 77.5 Å². The Hall–Kier alpha value is -3.54. The highest BCUT2D eigenvalue weighted by atomic mass is 16.2. The molecule has 3 aromatic rings. The summed E-state index contributed by atoms with van der Waals surface area (Å²) in [7, 11) is 0. The van der Waals surface area contributed by atoms with E-state index in [0.29, 0.717) is 17.1 Å². The lowest BCUT2D eigenvalue weighted by atomic mass is 10.1. The number of ketones is 1. The molecule has 1 aromatic heterocycles. The van der Waals surface area contributed by atoms with Crippen molar-refractivity contribution < 1.29 is 9.59 Å². The summed E-state index contributed by atoms with van der Waals surface area (Å²) < 4.78 is 0. The van der Waals surface area contributed by atoms with Crippen LogP contribution in [0.1, 0.15) is 40.3 Å². The number of benzene rings is 2. The van der Waals surface area contributed by atoms with Gasteiger partial charge >= 0.3 is 0 Å². The van der Waals surface area contributed by atoms with Gasteiger partial charge < -0.3 is 10.2 Å². The molecular weight excluding hydrogens is 352 g/mol. The number of nitrogens with one attached hydrogen (secondary N) is 1. The van der Waals surface area contributed by atoms with E-state index >= 15 is 0 Å². The summed E-state index contributed by atoms with van der Waals surface area (Å²) in [5, 5.41) is 11.1. The number of aryl methyl sites for hydroxylation is 1. The Bertz CT molecular complexity index is 999. The van der Waals surface area contributed by atoms with Crippen molar-refractivity contribution in [2.45, 2.75) is 20.8 Å². The van der Waals surface area contributed by atoms with Gasteiger partial charge in [0.25, 0.3) is 5.91 Å². The van der Waals surface area contributed by atoms with Crippen LogP contribution in [0.4, 0.5) is 17.2 Å². The van der Waals surface area contributed by atoms with E-state index in [1.165, 1.54) is 6.92 Å². The molecule has 1 N–H and O–H groups in total. The molecule has 0 fully saturated rings. The zero-order valence-electron chi connectivity index (χ0n) is 16.1. The first-order valence-electron chi connectivity index (χ1n) is 9.08. The fraction of sp³-hybridized carbons (Fsp3) is 0.182. The summed E-state index contributed by atoms with van der Waals surface area (Å²) in [5.41, 5.74) is 3.47. The molecule has 0 aliphatic carbocycles. The molecule has 3 rings (SSSR count). The van der Waals surface area contributed by atoms with E-state index in [2.05, 4.69) is 21.6 Å². The van der Waals surface area contributed by atoms with Crippen LogP contribution in [0.3, 0.4) is 0 Å². The summed E-state index contributed by atoms with van der Waals surface area (Å²) in [5.74, 6) is 0.234. The Morgan fingerprint density at radius 3 is 2.43 bits per heavy atom. The Morgan fingerprint density at radius 2 is 1.79 bits per heavy atom. The van der Waals surface area contributed by atoms with Crippen LogP contribution < -0.4 is 10.2 Å².